The summed E-state index contributed by atoms with van der Waals surface area (Å²) >= 11 is 0. The van der Waals surface area contributed by atoms with E-state index in [1.807, 2.05) is 30.3 Å². The van der Waals surface area contributed by atoms with E-state index < -0.39 is 15.8 Å². The Balaban J connectivity index is 2.14. The quantitative estimate of drug-likeness (QED) is 0.803. The number of halogens is 1. The highest BCUT2D eigenvalue weighted by molar-refractivity contribution is 7.92. The van der Waals surface area contributed by atoms with Crippen LogP contribution in [0.3, 0.4) is 0 Å². The summed E-state index contributed by atoms with van der Waals surface area (Å²) in [6.45, 7) is 0.0362. The van der Waals surface area contributed by atoms with Crippen molar-refractivity contribution < 1.29 is 17.6 Å². The molecule has 7 heteroatoms. The zero-order chi connectivity index (χ0) is 17.7. The molecule has 2 rings (SSSR count). The van der Waals surface area contributed by atoms with Gasteiger partial charge in [0, 0.05) is 13.6 Å². The van der Waals surface area contributed by atoms with E-state index in [0.717, 1.165) is 28.3 Å². The molecule has 0 saturated heterocycles. The van der Waals surface area contributed by atoms with E-state index in [0.29, 0.717) is 6.54 Å². The third kappa shape index (κ3) is 4.79. The van der Waals surface area contributed by atoms with Gasteiger partial charge in [-0.15, -0.1) is 0 Å². The van der Waals surface area contributed by atoms with Crippen molar-refractivity contribution in [3.8, 4) is 0 Å². The van der Waals surface area contributed by atoms with Crippen molar-refractivity contribution in [3.05, 3.63) is 66.0 Å². The molecule has 0 aromatic heterocycles. The predicted molar refractivity (Wildman–Crippen MR) is 91.5 cm³/mol. The molecule has 0 saturated carbocycles. The first kappa shape index (κ1) is 17.9. The topological polar surface area (TPSA) is 57.7 Å². The summed E-state index contributed by atoms with van der Waals surface area (Å²) in [6, 6.07) is 14.4. The molecule has 128 valence electrons. The first-order valence-electron chi connectivity index (χ1n) is 7.28. The molecule has 0 unspecified atom stereocenters. The van der Waals surface area contributed by atoms with E-state index >= 15 is 0 Å². The lowest BCUT2D eigenvalue weighted by atomic mass is 10.2. The van der Waals surface area contributed by atoms with Crippen LogP contribution in [-0.4, -0.2) is 39.1 Å². The summed E-state index contributed by atoms with van der Waals surface area (Å²) in [5.41, 5.74) is 1.20. The van der Waals surface area contributed by atoms with Crippen LogP contribution in [0, 0.1) is 5.82 Å². The third-order valence-corrected chi connectivity index (χ3v) is 4.62. The molecule has 1 amide bonds. The number of likely N-dealkylation sites (N-methyl/N-ethyl adjacent to an activating group) is 1. The van der Waals surface area contributed by atoms with E-state index in [4.69, 9.17) is 0 Å². The van der Waals surface area contributed by atoms with Crippen LogP contribution in [0.4, 0.5) is 10.1 Å². The molecular weight excluding hydrogens is 331 g/mol. The minimum Gasteiger partial charge on any atom is -0.340 e. The summed E-state index contributed by atoms with van der Waals surface area (Å²) in [6.07, 6.45) is 1.01. The van der Waals surface area contributed by atoms with Gasteiger partial charge in [-0.25, -0.2) is 12.8 Å². The second-order valence-electron chi connectivity index (χ2n) is 5.48. The number of carbonyl (C=O) groups excluding carboxylic acids is 1. The Bertz CT molecular complexity index is 792. The molecule has 0 fully saturated rings. The van der Waals surface area contributed by atoms with Gasteiger partial charge in [0.15, 0.2) is 0 Å². The summed E-state index contributed by atoms with van der Waals surface area (Å²) in [5, 5.41) is 0. The lowest BCUT2D eigenvalue weighted by molar-refractivity contribution is -0.128. The van der Waals surface area contributed by atoms with Crippen LogP contribution in [0.1, 0.15) is 5.56 Å². The highest BCUT2D eigenvalue weighted by atomic mass is 32.2. The van der Waals surface area contributed by atoms with Crippen LogP contribution >= 0.6 is 0 Å². The number of benzene rings is 2. The number of nitrogens with zero attached hydrogens (tertiary/aromatic N) is 2. The van der Waals surface area contributed by atoms with Crippen LogP contribution in [0.2, 0.25) is 0 Å². The number of sulfonamides is 1. The fourth-order valence-corrected chi connectivity index (χ4v) is 3.05. The first-order chi connectivity index (χ1) is 11.3. The number of amides is 1. The molecule has 2 aromatic rings. The van der Waals surface area contributed by atoms with Gasteiger partial charge in [0.2, 0.25) is 15.9 Å². The van der Waals surface area contributed by atoms with Gasteiger partial charge in [-0.05, 0) is 29.8 Å². The van der Waals surface area contributed by atoms with Gasteiger partial charge in [-0.1, -0.05) is 30.3 Å². The van der Waals surface area contributed by atoms with Crippen LogP contribution in [-0.2, 0) is 21.4 Å². The average Bonchev–Trinajstić information content (AvgIpc) is 2.53. The van der Waals surface area contributed by atoms with Gasteiger partial charge in [-0.3, -0.25) is 9.10 Å². The molecule has 0 radical (unpaired) electrons. The van der Waals surface area contributed by atoms with Gasteiger partial charge in [0.1, 0.15) is 12.4 Å². The maximum Gasteiger partial charge on any atom is 0.243 e. The maximum absolute atomic E-state index is 13.0. The van der Waals surface area contributed by atoms with Gasteiger partial charge >= 0.3 is 0 Å². The molecule has 2 aromatic carbocycles. The molecule has 0 aliphatic rings. The number of carbonyl (C=O) groups is 1. The van der Waals surface area contributed by atoms with E-state index in [1.54, 1.807) is 7.05 Å². The normalized spacial score (nSPS) is 11.1. The fraction of sp³-hybridized carbons (Fsp3) is 0.235. The molecule has 0 spiro atoms. The van der Waals surface area contributed by atoms with Crippen molar-refractivity contribution in [2.45, 2.75) is 6.54 Å². The Hall–Kier alpha value is -2.41. The van der Waals surface area contributed by atoms with E-state index in [9.17, 15) is 17.6 Å². The molecule has 0 bridgehead atoms. The summed E-state index contributed by atoms with van der Waals surface area (Å²) in [4.78, 5) is 13.8. The second kappa shape index (κ2) is 7.44. The van der Waals surface area contributed by atoms with E-state index in [2.05, 4.69) is 0 Å². The Morgan fingerprint density at radius 1 is 1.04 bits per heavy atom. The van der Waals surface area contributed by atoms with Crippen LogP contribution < -0.4 is 4.31 Å². The Kier molecular flexibility index (Phi) is 5.56. The highest BCUT2D eigenvalue weighted by Crippen LogP contribution is 2.18. The lowest BCUT2D eigenvalue weighted by Gasteiger charge is -2.25. The summed E-state index contributed by atoms with van der Waals surface area (Å²) in [7, 11) is -2.06. The van der Waals surface area contributed by atoms with Crippen molar-refractivity contribution >= 4 is 21.6 Å². The van der Waals surface area contributed by atoms with Crippen LogP contribution in [0.5, 0.6) is 0 Å². The maximum atomic E-state index is 13.0. The number of hydrogen-bond donors (Lipinski definition) is 0. The molecular formula is C17H19FN2O3S. The number of hydrogen-bond acceptors (Lipinski definition) is 3. The Labute approximate surface area is 141 Å². The molecule has 0 aliphatic carbocycles. The highest BCUT2D eigenvalue weighted by Gasteiger charge is 2.22. The van der Waals surface area contributed by atoms with E-state index in [-0.39, 0.29) is 18.1 Å². The minimum atomic E-state index is -3.67. The monoisotopic (exact) mass is 350 g/mol. The largest absolute Gasteiger partial charge is 0.340 e. The standard InChI is InChI=1S/C17H19FN2O3S/c1-19(12-14-6-4-3-5-7-14)17(21)13-20(24(2,22)23)16-10-8-15(18)9-11-16/h3-11H,12-13H2,1-2H3. The smallest absolute Gasteiger partial charge is 0.243 e. The Morgan fingerprint density at radius 2 is 1.62 bits per heavy atom. The summed E-state index contributed by atoms with van der Waals surface area (Å²) < 4.78 is 38.0. The van der Waals surface area contributed by atoms with Gasteiger partial charge < -0.3 is 4.90 Å². The zero-order valence-corrected chi connectivity index (χ0v) is 14.3. The molecule has 0 aliphatic heterocycles. The molecule has 0 heterocycles. The van der Waals surface area contributed by atoms with Gasteiger partial charge in [0.25, 0.3) is 0 Å². The fourth-order valence-electron chi connectivity index (χ4n) is 2.20. The minimum absolute atomic E-state index is 0.250. The average molecular weight is 350 g/mol. The van der Waals surface area contributed by atoms with Crippen LogP contribution in [0.15, 0.2) is 54.6 Å². The van der Waals surface area contributed by atoms with Crippen molar-refractivity contribution in [2.75, 3.05) is 24.2 Å². The van der Waals surface area contributed by atoms with Gasteiger partial charge in [0.05, 0.1) is 11.9 Å². The SMILES string of the molecule is CN(Cc1ccccc1)C(=O)CN(c1ccc(F)cc1)S(C)(=O)=O. The van der Waals surface area contributed by atoms with Crippen LogP contribution in [0.25, 0.3) is 0 Å². The molecule has 0 N–H and O–H groups in total. The lowest BCUT2D eigenvalue weighted by Crippen LogP contribution is -2.41. The van der Waals surface area contributed by atoms with E-state index in [1.165, 1.54) is 17.0 Å². The van der Waals surface area contributed by atoms with Crippen molar-refractivity contribution in [3.63, 3.8) is 0 Å². The van der Waals surface area contributed by atoms with Gasteiger partial charge in [-0.2, -0.15) is 0 Å². The summed E-state index contributed by atoms with van der Waals surface area (Å²) in [5.74, 6) is -0.826. The molecule has 0 atom stereocenters. The molecule has 24 heavy (non-hydrogen) atoms. The van der Waals surface area contributed by atoms with Crippen molar-refractivity contribution in [1.82, 2.24) is 4.90 Å². The number of rotatable bonds is 6. The zero-order valence-electron chi connectivity index (χ0n) is 13.5. The van der Waals surface area contributed by atoms with Crippen molar-refractivity contribution in [2.24, 2.45) is 0 Å². The second-order valence-corrected chi connectivity index (χ2v) is 7.39. The molecule has 5 nitrogen and oxygen atoms in total. The Morgan fingerprint density at radius 3 is 2.17 bits per heavy atom. The first-order valence-corrected chi connectivity index (χ1v) is 9.13. The predicted octanol–water partition coefficient (Wildman–Crippen LogP) is 2.25. The number of anilines is 1. The van der Waals surface area contributed by atoms with Crippen molar-refractivity contribution in [1.29, 1.82) is 0 Å². The third-order valence-electron chi connectivity index (χ3n) is 3.48.